The fourth-order valence-corrected chi connectivity index (χ4v) is 4.34. The van der Waals surface area contributed by atoms with Gasteiger partial charge in [0.2, 0.25) is 0 Å². The topological polar surface area (TPSA) is 32.3 Å². The minimum Gasteiger partial charge on any atom is -0.348 e. The Morgan fingerprint density at radius 2 is 1.93 bits per heavy atom. The van der Waals surface area contributed by atoms with E-state index in [-0.39, 0.29) is 11.9 Å². The molecule has 1 unspecified atom stereocenters. The second-order valence-electron chi connectivity index (χ2n) is 7.22. The summed E-state index contributed by atoms with van der Waals surface area (Å²) in [5.41, 5.74) is 5.67. The van der Waals surface area contributed by atoms with Crippen molar-refractivity contribution in [3.05, 3.63) is 82.0 Å². The van der Waals surface area contributed by atoms with Crippen molar-refractivity contribution in [1.29, 1.82) is 0 Å². The Hall–Kier alpha value is -2.43. The molecule has 1 atom stereocenters. The number of benzene rings is 2. The molecule has 1 aromatic heterocycles. The highest BCUT2D eigenvalue weighted by Gasteiger charge is 2.24. The summed E-state index contributed by atoms with van der Waals surface area (Å²) in [5.74, 6) is 0.0417. The number of amides is 1. The second-order valence-corrected chi connectivity index (χ2v) is 8.00. The Bertz CT molecular complexity index is 902. The van der Waals surface area contributed by atoms with E-state index in [0.717, 1.165) is 37.2 Å². The third-order valence-corrected chi connectivity index (χ3v) is 5.90. The van der Waals surface area contributed by atoms with Crippen LogP contribution < -0.4 is 5.32 Å². The van der Waals surface area contributed by atoms with Crippen LogP contribution in [0.15, 0.2) is 65.4 Å². The molecule has 2 heterocycles. The molecule has 1 aliphatic rings. The quantitative estimate of drug-likeness (QED) is 0.698. The number of nitrogens with zero attached hydrogens (tertiary/aromatic N) is 1. The first-order valence-corrected chi connectivity index (χ1v) is 10.3. The van der Waals surface area contributed by atoms with Crippen molar-refractivity contribution in [2.45, 2.75) is 25.9 Å². The van der Waals surface area contributed by atoms with Crippen LogP contribution in [0.3, 0.4) is 0 Å². The summed E-state index contributed by atoms with van der Waals surface area (Å²) in [5, 5.41) is 7.49. The van der Waals surface area contributed by atoms with E-state index in [1.165, 1.54) is 16.7 Å². The highest BCUT2D eigenvalue weighted by Crippen LogP contribution is 2.23. The van der Waals surface area contributed by atoms with E-state index in [0.29, 0.717) is 0 Å². The number of likely N-dealkylation sites (tertiary alicyclic amines) is 1. The number of carbonyl (C=O) groups excluding carboxylic acids is 1. The number of carbonyl (C=O) groups is 1. The SMILES string of the molecule is Cc1ccccc1C(=O)NC1CCN(Cc2ccc(-c3ccsc3)cc2)C1. The minimum absolute atomic E-state index is 0.0417. The van der Waals surface area contributed by atoms with Crippen molar-refractivity contribution in [3.8, 4) is 11.1 Å². The van der Waals surface area contributed by atoms with Crippen LogP contribution in [0.25, 0.3) is 11.1 Å². The highest BCUT2D eigenvalue weighted by molar-refractivity contribution is 7.08. The molecule has 3 aromatic rings. The summed E-state index contributed by atoms with van der Waals surface area (Å²) >= 11 is 1.73. The zero-order valence-corrected chi connectivity index (χ0v) is 16.3. The average Bonchev–Trinajstić information content (AvgIpc) is 3.35. The maximum absolute atomic E-state index is 12.5. The van der Waals surface area contributed by atoms with Crippen LogP contribution in [0.1, 0.15) is 27.9 Å². The molecule has 4 heteroatoms. The van der Waals surface area contributed by atoms with Crippen LogP contribution >= 0.6 is 11.3 Å². The molecule has 0 bridgehead atoms. The first kappa shape index (κ1) is 18.0. The number of hydrogen-bond donors (Lipinski definition) is 1. The van der Waals surface area contributed by atoms with E-state index in [1.54, 1.807) is 11.3 Å². The Labute approximate surface area is 164 Å². The monoisotopic (exact) mass is 376 g/mol. The van der Waals surface area contributed by atoms with Gasteiger partial charge in [-0.25, -0.2) is 0 Å². The van der Waals surface area contributed by atoms with Gasteiger partial charge in [-0.1, -0.05) is 42.5 Å². The summed E-state index contributed by atoms with van der Waals surface area (Å²) in [6.45, 7) is 4.84. The molecule has 1 N–H and O–H groups in total. The van der Waals surface area contributed by atoms with Gasteiger partial charge >= 0.3 is 0 Å². The third-order valence-electron chi connectivity index (χ3n) is 5.21. The van der Waals surface area contributed by atoms with Crippen molar-refractivity contribution in [3.63, 3.8) is 0 Å². The summed E-state index contributed by atoms with van der Waals surface area (Å²) < 4.78 is 0. The molecule has 1 fully saturated rings. The molecule has 27 heavy (non-hydrogen) atoms. The van der Waals surface area contributed by atoms with Gasteiger partial charge in [-0.05, 0) is 58.5 Å². The van der Waals surface area contributed by atoms with E-state index in [9.17, 15) is 4.79 Å². The molecule has 0 saturated carbocycles. The third kappa shape index (κ3) is 4.29. The zero-order valence-electron chi connectivity index (χ0n) is 15.5. The van der Waals surface area contributed by atoms with Crippen LogP contribution in [0, 0.1) is 6.92 Å². The number of thiophene rings is 1. The normalized spacial score (nSPS) is 17.1. The molecule has 3 nitrogen and oxygen atoms in total. The second kappa shape index (κ2) is 8.07. The lowest BCUT2D eigenvalue weighted by Gasteiger charge is -2.17. The molecule has 0 spiro atoms. The van der Waals surface area contributed by atoms with Gasteiger partial charge < -0.3 is 5.32 Å². The Morgan fingerprint density at radius 3 is 2.67 bits per heavy atom. The van der Waals surface area contributed by atoms with Crippen LogP contribution in [-0.2, 0) is 6.54 Å². The molecular formula is C23H24N2OS. The number of nitrogens with one attached hydrogen (secondary N) is 1. The highest BCUT2D eigenvalue weighted by atomic mass is 32.1. The average molecular weight is 377 g/mol. The predicted molar refractivity (Wildman–Crippen MR) is 112 cm³/mol. The molecule has 0 radical (unpaired) electrons. The lowest BCUT2D eigenvalue weighted by molar-refractivity contribution is 0.0937. The smallest absolute Gasteiger partial charge is 0.251 e. The van der Waals surface area contributed by atoms with Crippen molar-refractivity contribution < 1.29 is 4.79 Å². The summed E-state index contributed by atoms with van der Waals surface area (Å²) in [4.78, 5) is 14.9. The summed E-state index contributed by atoms with van der Waals surface area (Å²) in [7, 11) is 0. The first-order valence-electron chi connectivity index (χ1n) is 9.39. The Balaban J connectivity index is 1.32. The van der Waals surface area contributed by atoms with E-state index >= 15 is 0 Å². The Morgan fingerprint density at radius 1 is 1.11 bits per heavy atom. The largest absolute Gasteiger partial charge is 0.348 e. The number of hydrogen-bond acceptors (Lipinski definition) is 3. The standard InChI is InChI=1S/C23H24N2OS/c1-17-4-2-3-5-22(17)23(26)24-21-10-12-25(15-21)14-18-6-8-19(9-7-18)20-11-13-27-16-20/h2-9,11,13,16,21H,10,12,14-15H2,1H3,(H,24,26). The maximum Gasteiger partial charge on any atom is 0.251 e. The summed E-state index contributed by atoms with van der Waals surface area (Å²) in [6, 6.07) is 19.0. The molecular weight excluding hydrogens is 352 g/mol. The zero-order chi connectivity index (χ0) is 18.6. The van der Waals surface area contributed by atoms with Crippen LogP contribution in [-0.4, -0.2) is 29.9 Å². The van der Waals surface area contributed by atoms with E-state index in [1.807, 2.05) is 31.2 Å². The maximum atomic E-state index is 12.5. The lowest BCUT2D eigenvalue weighted by Crippen LogP contribution is -2.37. The van der Waals surface area contributed by atoms with Crippen molar-refractivity contribution >= 4 is 17.2 Å². The van der Waals surface area contributed by atoms with Gasteiger partial charge in [0.1, 0.15) is 0 Å². The molecule has 2 aromatic carbocycles. The molecule has 0 aliphatic carbocycles. The van der Waals surface area contributed by atoms with Crippen LogP contribution in [0.2, 0.25) is 0 Å². The van der Waals surface area contributed by atoms with Gasteiger partial charge in [0, 0.05) is 31.2 Å². The fourth-order valence-electron chi connectivity index (χ4n) is 3.67. The molecule has 1 saturated heterocycles. The Kier molecular flexibility index (Phi) is 5.37. The van der Waals surface area contributed by atoms with Gasteiger partial charge in [0.25, 0.3) is 5.91 Å². The number of aryl methyl sites for hydroxylation is 1. The summed E-state index contributed by atoms with van der Waals surface area (Å²) in [6.07, 6.45) is 1.00. The van der Waals surface area contributed by atoms with Gasteiger partial charge in [0.15, 0.2) is 0 Å². The molecule has 4 rings (SSSR count). The van der Waals surface area contributed by atoms with E-state index in [4.69, 9.17) is 0 Å². The van der Waals surface area contributed by atoms with Crippen molar-refractivity contribution in [1.82, 2.24) is 10.2 Å². The van der Waals surface area contributed by atoms with E-state index in [2.05, 4.69) is 51.3 Å². The predicted octanol–water partition coefficient (Wildman–Crippen LogP) is 4.73. The fraction of sp³-hybridized carbons (Fsp3) is 0.261. The number of rotatable bonds is 5. The molecule has 1 aliphatic heterocycles. The van der Waals surface area contributed by atoms with Crippen molar-refractivity contribution in [2.75, 3.05) is 13.1 Å². The molecule has 138 valence electrons. The molecule has 1 amide bonds. The van der Waals surface area contributed by atoms with E-state index < -0.39 is 0 Å². The van der Waals surface area contributed by atoms with Gasteiger partial charge in [-0.2, -0.15) is 11.3 Å². The van der Waals surface area contributed by atoms with Gasteiger partial charge in [0.05, 0.1) is 0 Å². The van der Waals surface area contributed by atoms with Gasteiger partial charge in [-0.15, -0.1) is 0 Å². The van der Waals surface area contributed by atoms with Crippen LogP contribution in [0.4, 0.5) is 0 Å². The minimum atomic E-state index is 0.0417. The van der Waals surface area contributed by atoms with Crippen molar-refractivity contribution in [2.24, 2.45) is 0 Å². The lowest BCUT2D eigenvalue weighted by atomic mass is 10.1. The van der Waals surface area contributed by atoms with Crippen LogP contribution in [0.5, 0.6) is 0 Å². The first-order chi connectivity index (χ1) is 13.2. The van der Waals surface area contributed by atoms with Gasteiger partial charge in [-0.3, -0.25) is 9.69 Å².